The Labute approximate surface area is 94.3 Å². The summed E-state index contributed by atoms with van der Waals surface area (Å²) in [7, 11) is 1.85. The van der Waals surface area contributed by atoms with Crippen LogP contribution in [0.5, 0.6) is 0 Å². The summed E-state index contributed by atoms with van der Waals surface area (Å²) in [5.41, 5.74) is 0. The van der Waals surface area contributed by atoms with Crippen LogP contribution in [0.3, 0.4) is 0 Å². The Morgan fingerprint density at radius 2 is 2.50 bits per heavy atom. The van der Waals surface area contributed by atoms with E-state index in [2.05, 4.69) is 15.5 Å². The van der Waals surface area contributed by atoms with Crippen LogP contribution in [0.4, 0.5) is 0 Å². The van der Waals surface area contributed by atoms with Gasteiger partial charge in [-0.05, 0) is 6.42 Å². The van der Waals surface area contributed by atoms with Crippen molar-refractivity contribution in [3.63, 3.8) is 0 Å². The van der Waals surface area contributed by atoms with Crippen molar-refractivity contribution >= 4 is 5.91 Å². The Balaban J connectivity index is 2.34. The van der Waals surface area contributed by atoms with Crippen LogP contribution in [-0.4, -0.2) is 27.2 Å². The molecule has 0 spiro atoms. The van der Waals surface area contributed by atoms with Crippen LogP contribution in [0.25, 0.3) is 0 Å². The first-order valence-electron chi connectivity index (χ1n) is 5.19. The van der Waals surface area contributed by atoms with Crippen molar-refractivity contribution in [3.05, 3.63) is 12.2 Å². The minimum atomic E-state index is -0.556. The van der Waals surface area contributed by atoms with Gasteiger partial charge >= 0.3 is 0 Å². The summed E-state index contributed by atoms with van der Waals surface area (Å²) in [5.74, 6) is 0.0389. The lowest BCUT2D eigenvalue weighted by molar-refractivity contribution is -0.123. The second-order valence-corrected chi connectivity index (χ2v) is 3.49. The average Bonchev–Trinajstić information content (AvgIpc) is 2.66. The maximum Gasteiger partial charge on any atom is 0.237 e. The number of nitriles is 1. The molecule has 0 fully saturated rings. The van der Waals surface area contributed by atoms with Gasteiger partial charge in [0.1, 0.15) is 18.1 Å². The zero-order valence-electron chi connectivity index (χ0n) is 9.47. The molecule has 6 nitrogen and oxygen atoms in total. The molecular formula is C10H15N5O. The van der Waals surface area contributed by atoms with Gasteiger partial charge in [0.05, 0.1) is 6.07 Å². The first-order valence-corrected chi connectivity index (χ1v) is 5.19. The number of hydrogen-bond acceptors (Lipinski definition) is 4. The van der Waals surface area contributed by atoms with Crippen LogP contribution < -0.4 is 5.32 Å². The number of hydrogen-bond donors (Lipinski definition) is 1. The Morgan fingerprint density at radius 3 is 3.00 bits per heavy atom. The predicted molar refractivity (Wildman–Crippen MR) is 57.1 cm³/mol. The van der Waals surface area contributed by atoms with Crippen LogP contribution in [0, 0.1) is 17.2 Å². The van der Waals surface area contributed by atoms with Gasteiger partial charge in [-0.1, -0.05) is 6.92 Å². The van der Waals surface area contributed by atoms with Crippen LogP contribution >= 0.6 is 0 Å². The van der Waals surface area contributed by atoms with Crippen molar-refractivity contribution in [2.45, 2.75) is 19.8 Å². The quantitative estimate of drug-likeness (QED) is 0.760. The molecule has 1 N–H and O–H groups in total. The number of nitrogens with one attached hydrogen (secondary N) is 1. The molecule has 0 aromatic carbocycles. The molecule has 1 heterocycles. The highest BCUT2D eigenvalue weighted by Crippen LogP contribution is 2.00. The van der Waals surface area contributed by atoms with Crippen molar-refractivity contribution in [2.24, 2.45) is 13.0 Å². The number of carbonyl (C=O) groups is 1. The number of rotatable bonds is 5. The van der Waals surface area contributed by atoms with Crippen molar-refractivity contribution in [1.82, 2.24) is 20.1 Å². The van der Waals surface area contributed by atoms with E-state index in [-0.39, 0.29) is 5.91 Å². The van der Waals surface area contributed by atoms with Gasteiger partial charge in [-0.15, -0.1) is 10.2 Å². The smallest absolute Gasteiger partial charge is 0.237 e. The second-order valence-electron chi connectivity index (χ2n) is 3.49. The van der Waals surface area contributed by atoms with Gasteiger partial charge in [0, 0.05) is 20.0 Å². The lowest BCUT2D eigenvalue weighted by Crippen LogP contribution is -2.31. The van der Waals surface area contributed by atoms with Gasteiger partial charge in [0.25, 0.3) is 0 Å². The van der Waals surface area contributed by atoms with Crippen molar-refractivity contribution in [2.75, 3.05) is 6.54 Å². The Kier molecular flexibility index (Phi) is 4.45. The van der Waals surface area contributed by atoms with E-state index in [1.54, 1.807) is 10.9 Å². The molecule has 1 unspecified atom stereocenters. The van der Waals surface area contributed by atoms with E-state index in [1.165, 1.54) is 0 Å². The fourth-order valence-electron chi connectivity index (χ4n) is 1.29. The minimum Gasteiger partial charge on any atom is -0.355 e. The monoisotopic (exact) mass is 221 g/mol. The van der Waals surface area contributed by atoms with Gasteiger partial charge in [-0.3, -0.25) is 4.79 Å². The molecule has 0 aliphatic heterocycles. The molecule has 1 aromatic rings. The molecule has 0 bridgehead atoms. The van der Waals surface area contributed by atoms with Crippen LogP contribution in [0.15, 0.2) is 6.33 Å². The largest absolute Gasteiger partial charge is 0.355 e. The van der Waals surface area contributed by atoms with E-state index in [0.29, 0.717) is 19.4 Å². The molecule has 0 saturated carbocycles. The van der Waals surface area contributed by atoms with Crippen LogP contribution in [0.2, 0.25) is 0 Å². The lowest BCUT2D eigenvalue weighted by atomic mass is 10.1. The summed E-state index contributed by atoms with van der Waals surface area (Å²) >= 11 is 0. The standard InChI is InChI=1S/C10H15N5O/c1-3-8(6-11)10(16)12-5-4-9-14-13-7-15(9)2/h7-8H,3-5H2,1-2H3,(H,12,16). The van der Waals surface area contributed by atoms with E-state index in [9.17, 15) is 4.79 Å². The van der Waals surface area contributed by atoms with Crippen molar-refractivity contribution in [3.8, 4) is 6.07 Å². The molecule has 6 heteroatoms. The molecule has 86 valence electrons. The van der Waals surface area contributed by atoms with E-state index >= 15 is 0 Å². The Hall–Kier alpha value is -1.90. The van der Waals surface area contributed by atoms with Gasteiger partial charge in [-0.25, -0.2) is 0 Å². The summed E-state index contributed by atoms with van der Waals surface area (Å²) in [6.07, 6.45) is 2.76. The third kappa shape index (κ3) is 3.05. The topological polar surface area (TPSA) is 83.6 Å². The van der Waals surface area contributed by atoms with Gasteiger partial charge in [-0.2, -0.15) is 5.26 Å². The highest BCUT2D eigenvalue weighted by molar-refractivity contribution is 5.80. The number of nitrogens with zero attached hydrogens (tertiary/aromatic N) is 4. The molecular weight excluding hydrogens is 206 g/mol. The molecule has 1 amide bonds. The Bertz CT molecular complexity index is 392. The molecule has 1 aromatic heterocycles. The first kappa shape index (κ1) is 12.2. The number of amides is 1. The molecule has 0 aliphatic rings. The van der Waals surface area contributed by atoms with E-state index in [4.69, 9.17) is 5.26 Å². The summed E-state index contributed by atoms with van der Waals surface area (Å²) in [4.78, 5) is 11.4. The maximum absolute atomic E-state index is 11.4. The van der Waals surface area contributed by atoms with Crippen molar-refractivity contribution < 1.29 is 4.79 Å². The summed E-state index contributed by atoms with van der Waals surface area (Å²) in [6, 6.07) is 1.96. The summed E-state index contributed by atoms with van der Waals surface area (Å²) in [5, 5.41) is 19.0. The van der Waals surface area contributed by atoms with E-state index < -0.39 is 5.92 Å². The molecule has 0 saturated heterocycles. The summed E-state index contributed by atoms with van der Waals surface area (Å²) < 4.78 is 1.80. The van der Waals surface area contributed by atoms with Crippen LogP contribution in [-0.2, 0) is 18.3 Å². The number of carbonyl (C=O) groups excluding carboxylic acids is 1. The highest BCUT2D eigenvalue weighted by atomic mass is 16.1. The number of aryl methyl sites for hydroxylation is 1. The predicted octanol–water partition coefficient (Wildman–Crippen LogP) is 0.0236. The maximum atomic E-state index is 11.4. The van der Waals surface area contributed by atoms with E-state index in [0.717, 1.165) is 5.82 Å². The third-order valence-corrected chi connectivity index (χ3v) is 2.33. The average molecular weight is 221 g/mol. The molecule has 16 heavy (non-hydrogen) atoms. The lowest BCUT2D eigenvalue weighted by Gasteiger charge is -2.07. The second kappa shape index (κ2) is 5.85. The van der Waals surface area contributed by atoms with Gasteiger partial charge in [0.2, 0.25) is 5.91 Å². The zero-order valence-corrected chi connectivity index (χ0v) is 9.47. The normalized spacial score (nSPS) is 11.8. The van der Waals surface area contributed by atoms with Gasteiger partial charge < -0.3 is 9.88 Å². The van der Waals surface area contributed by atoms with Crippen LogP contribution in [0.1, 0.15) is 19.2 Å². The third-order valence-electron chi connectivity index (χ3n) is 2.33. The highest BCUT2D eigenvalue weighted by Gasteiger charge is 2.14. The molecule has 1 atom stereocenters. The minimum absolute atomic E-state index is 0.216. The van der Waals surface area contributed by atoms with Gasteiger partial charge in [0.15, 0.2) is 0 Å². The Morgan fingerprint density at radius 1 is 1.75 bits per heavy atom. The summed E-state index contributed by atoms with van der Waals surface area (Å²) in [6.45, 7) is 2.29. The fraction of sp³-hybridized carbons (Fsp3) is 0.600. The number of aromatic nitrogens is 3. The van der Waals surface area contributed by atoms with E-state index in [1.807, 2.05) is 20.0 Å². The molecule has 0 aliphatic carbocycles. The fourth-order valence-corrected chi connectivity index (χ4v) is 1.29. The zero-order chi connectivity index (χ0) is 12.0. The first-order chi connectivity index (χ1) is 7.69. The SMILES string of the molecule is CCC(C#N)C(=O)NCCc1nncn1C. The molecule has 0 radical (unpaired) electrons. The molecule has 1 rings (SSSR count). The van der Waals surface area contributed by atoms with Crippen molar-refractivity contribution in [1.29, 1.82) is 5.26 Å².